The summed E-state index contributed by atoms with van der Waals surface area (Å²) in [6, 6.07) is 0. The van der Waals surface area contributed by atoms with Crippen LogP contribution in [0.5, 0.6) is 0 Å². The van der Waals surface area contributed by atoms with Crippen molar-refractivity contribution >= 4 is 29.1 Å². The van der Waals surface area contributed by atoms with Crippen LogP contribution in [0.15, 0.2) is 16.7 Å². The van der Waals surface area contributed by atoms with Gasteiger partial charge in [-0.25, -0.2) is 4.98 Å². The minimum Gasteiger partial charge on any atom is -0.481 e. The van der Waals surface area contributed by atoms with Crippen molar-refractivity contribution in [2.45, 2.75) is 36.9 Å². The molecule has 0 atom stereocenters. The van der Waals surface area contributed by atoms with Gasteiger partial charge in [0.2, 0.25) is 0 Å². The van der Waals surface area contributed by atoms with Gasteiger partial charge in [-0.1, -0.05) is 11.8 Å². The van der Waals surface area contributed by atoms with E-state index in [0.29, 0.717) is 0 Å². The predicted octanol–water partition coefficient (Wildman–Crippen LogP) is 2.59. The molecule has 0 aliphatic heterocycles. The van der Waals surface area contributed by atoms with Gasteiger partial charge in [-0.2, -0.15) is 5.10 Å². The number of rotatable bonds is 6. The molecule has 0 unspecified atom stereocenters. The highest BCUT2D eigenvalue weighted by Gasteiger charge is 2.11. The molecule has 0 spiro atoms. The molecule has 0 aromatic carbocycles. The Morgan fingerprint density at radius 3 is 3.00 bits per heavy atom. The molecular formula is C12H15N3O2S2. The number of nitrogens with zero attached hydrogens (tertiary/aromatic N) is 3. The van der Waals surface area contributed by atoms with Crippen LogP contribution in [-0.4, -0.2) is 25.8 Å². The molecule has 0 saturated carbocycles. The van der Waals surface area contributed by atoms with Crippen LogP contribution in [0.3, 0.4) is 0 Å². The molecule has 0 aliphatic carbocycles. The van der Waals surface area contributed by atoms with E-state index in [9.17, 15) is 4.79 Å². The van der Waals surface area contributed by atoms with Crippen molar-refractivity contribution in [3.05, 3.63) is 28.5 Å². The van der Waals surface area contributed by atoms with Gasteiger partial charge in [-0.15, -0.1) is 11.3 Å². The number of thioether (sulfide) groups is 1. The third kappa shape index (κ3) is 3.81. The van der Waals surface area contributed by atoms with E-state index in [2.05, 4.69) is 10.1 Å². The van der Waals surface area contributed by atoms with Gasteiger partial charge in [0.1, 0.15) is 0 Å². The standard InChI is InChI=1S/C12H15N3O2S2/c1-3-15-6-9(5-13-15)7-18-12-14-8(2)10(19-12)4-11(16)17/h5-6H,3-4,7H2,1-2H3,(H,16,17). The van der Waals surface area contributed by atoms with Crippen LogP contribution in [0.2, 0.25) is 0 Å². The van der Waals surface area contributed by atoms with E-state index < -0.39 is 5.97 Å². The third-order valence-electron chi connectivity index (χ3n) is 2.56. The summed E-state index contributed by atoms with van der Waals surface area (Å²) in [6.07, 6.45) is 3.93. The minimum absolute atomic E-state index is 0.0534. The fourth-order valence-corrected chi connectivity index (χ4v) is 3.70. The van der Waals surface area contributed by atoms with Crippen LogP contribution in [0.4, 0.5) is 0 Å². The molecule has 2 heterocycles. The zero-order valence-electron chi connectivity index (χ0n) is 10.8. The smallest absolute Gasteiger partial charge is 0.308 e. The van der Waals surface area contributed by atoms with Gasteiger partial charge in [0.05, 0.1) is 18.3 Å². The van der Waals surface area contributed by atoms with Crippen molar-refractivity contribution in [1.29, 1.82) is 0 Å². The first kappa shape index (κ1) is 14.1. The lowest BCUT2D eigenvalue weighted by atomic mass is 10.3. The molecule has 0 amide bonds. The van der Waals surface area contributed by atoms with Crippen molar-refractivity contribution in [2.75, 3.05) is 0 Å². The first-order chi connectivity index (χ1) is 9.08. The second-order valence-electron chi connectivity index (χ2n) is 4.05. The number of hydrogen-bond donors (Lipinski definition) is 1. The first-order valence-electron chi connectivity index (χ1n) is 5.90. The van der Waals surface area contributed by atoms with E-state index in [1.54, 1.807) is 11.8 Å². The summed E-state index contributed by atoms with van der Waals surface area (Å²) >= 11 is 3.08. The van der Waals surface area contributed by atoms with Crippen LogP contribution in [0, 0.1) is 6.92 Å². The van der Waals surface area contributed by atoms with E-state index in [-0.39, 0.29) is 6.42 Å². The van der Waals surface area contributed by atoms with E-state index in [1.807, 2.05) is 30.9 Å². The topological polar surface area (TPSA) is 68.0 Å². The monoisotopic (exact) mass is 297 g/mol. The van der Waals surface area contributed by atoms with Crippen LogP contribution in [-0.2, 0) is 23.5 Å². The summed E-state index contributed by atoms with van der Waals surface area (Å²) < 4.78 is 2.80. The summed E-state index contributed by atoms with van der Waals surface area (Å²) in [4.78, 5) is 15.9. The SMILES string of the molecule is CCn1cc(CSc2nc(C)c(CC(=O)O)s2)cn1. The average Bonchev–Trinajstić information content (AvgIpc) is 2.94. The molecule has 1 N–H and O–H groups in total. The molecule has 0 aliphatic rings. The van der Waals surface area contributed by atoms with Crippen molar-refractivity contribution in [3.8, 4) is 0 Å². The number of carboxylic acid groups (broad SMARTS) is 1. The molecule has 0 bridgehead atoms. The molecule has 0 radical (unpaired) electrons. The zero-order chi connectivity index (χ0) is 13.8. The maximum atomic E-state index is 10.7. The van der Waals surface area contributed by atoms with E-state index in [1.165, 1.54) is 11.3 Å². The largest absolute Gasteiger partial charge is 0.481 e. The highest BCUT2D eigenvalue weighted by molar-refractivity contribution is 8.00. The number of aryl methyl sites for hydroxylation is 2. The lowest BCUT2D eigenvalue weighted by Crippen LogP contribution is -1.99. The Kier molecular flexibility index (Phi) is 4.60. The van der Waals surface area contributed by atoms with Gasteiger partial charge < -0.3 is 5.11 Å². The number of hydrogen-bond acceptors (Lipinski definition) is 5. The van der Waals surface area contributed by atoms with Gasteiger partial charge in [-0.05, 0) is 13.8 Å². The third-order valence-corrected chi connectivity index (χ3v) is 4.93. The van der Waals surface area contributed by atoms with Crippen molar-refractivity contribution in [2.24, 2.45) is 0 Å². The van der Waals surface area contributed by atoms with Gasteiger partial charge in [0.15, 0.2) is 4.34 Å². The summed E-state index contributed by atoms with van der Waals surface area (Å²) in [7, 11) is 0. The highest BCUT2D eigenvalue weighted by atomic mass is 32.2. The number of aromatic nitrogens is 3. The fourth-order valence-electron chi connectivity index (χ4n) is 1.56. The number of thiazole rings is 1. The number of carbonyl (C=O) groups is 1. The lowest BCUT2D eigenvalue weighted by molar-refractivity contribution is -0.136. The molecule has 2 aromatic rings. The van der Waals surface area contributed by atoms with E-state index >= 15 is 0 Å². The summed E-state index contributed by atoms with van der Waals surface area (Å²) in [5, 5.41) is 13.0. The molecule has 2 aromatic heterocycles. The number of aliphatic carboxylic acids is 1. The summed E-state index contributed by atoms with van der Waals surface area (Å²) in [6.45, 7) is 4.77. The van der Waals surface area contributed by atoms with Crippen LogP contribution in [0.1, 0.15) is 23.1 Å². The van der Waals surface area contributed by atoms with Crippen molar-refractivity contribution in [3.63, 3.8) is 0 Å². The molecule has 2 rings (SSSR count). The first-order valence-corrected chi connectivity index (χ1v) is 7.71. The van der Waals surface area contributed by atoms with Gasteiger partial charge in [0.25, 0.3) is 0 Å². The Morgan fingerprint density at radius 2 is 2.37 bits per heavy atom. The van der Waals surface area contributed by atoms with Crippen LogP contribution in [0.25, 0.3) is 0 Å². The maximum Gasteiger partial charge on any atom is 0.308 e. The molecule has 5 nitrogen and oxygen atoms in total. The molecule has 102 valence electrons. The van der Waals surface area contributed by atoms with E-state index in [4.69, 9.17) is 5.11 Å². The second kappa shape index (κ2) is 6.21. The zero-order valence-corrected chi connectivity index (χ0v) is 12.4. The normalized spacial score (nSPS) is 10.8. The Morgan fingerprint density at radius 1 is 1.58 bits per heavy atom. The Hall–Kier alpha value is -1.34. The molecule has 0 saturated heterocycles. The minimum atomic E-state index is -0.812. The maximum absolute atomic E-state index is 10.7. The molecule has 0 fully saturated rings. The average molecular weight is 297 g/mol. The van der Waals surface area contributed by atoms with Gasteiger partial charge in [-0.3, -0.25) is 9.48 Å². The van der Waals surface area contributed by atoms with Crippen molar-refractivity contribution < 1.29 is 9.90 Å². The van der Waals surface area contributed by atoms with E-state index in [0.717, 1.165) is 32.8 Å². The second-order valence-corrected chi connectivity index (χ2v) is 6.36. The highest BCUT2D eigenvalue weighted by Crippen LogP contribution is 2.29. The van der Waals surface area contributed by atoms with Gasteiger partial charge >= 0.3 is 5.97 Å². The van der Waals surface area contributed by atoms with Crippen LogP contribution < -0.4 is 0 Å². The van der Waals surface area contributed by atoms with Gasteiger partial charge in [0, 0.05) is 28.9 Å². The predicted molar refractivity (Wildman–Crippen MR) is 75.7 cm³/mol. The summed E-state index contributed by atoms with van der Waals surface area (Å²) in [5.41, 5.74) is 1.97. The fraction of sp³-hybridized carbons (Fsp3) is 0.417. The lowest BCUT2D eigenvalue weighted by Gasteiger charge is -1.94. The quantitative estimate of drug-likeness (QED) is 0.830. The molecular weight excluding hydrogens is 282 g/mol. The Balaban J connectivity index is 1.97. The van der Waals surface area contributed by atoms with Crippen molar-refractivity contribution in [1.82, 2.24) is 14.8 Å². The molecule has 19 heavy (non-hydrogen) atoms. The summed E-state index contributed by atoms with van der Waals surface area (Å²) in [5.74, 6) is -0.00745. The molecule has 7 heteroatoms. The Labute approximate surface area is 119 Å². The number of carboxylic acids is 1. The van der Waals surface area contributed by atoms with Crippen LogP contribution >= 0.6 is 23.1 Å². The Bertz CT molecular complexity index is 577.